The highest BCUT2D eigenvalue weighted by molar-refractivity contribution is 6.29. The van der Waals surface area contributed by atoms with Crippen LogP contribution in [0, 0.1) is 11.6 Å². The Kier molecular flexibility index (Phi) is 2.96. The first kappa shape index (κ1) is 10.8. The summed E-state index contributed by atoms with van der Waals surface area (Å²) in [5.74, 6) is -1.42. The Morgan fingerprint density at radius 3 is 2.44 bits per heavy atom. The minimum atomic E-state index is -0.924. The molecule has 1 heterocycles. The molecule has 0 aliphatic rings. The molecule has 1 aromatic heterocycles. The topological polar surface area (TPSA) is 37.8 Å². The van der Waals surface area contributed by atoms with Gasteiger partial charge in [0.1, 0.15) is 0 Å². The van der Waals surface area contributed by atoms with Crippen LogP contribution in [0.15, 0.2) is 30.3 Å². The van der Waals surface area contributed by atoms with Crippen molar-refractivity contribution in [2.45, 2.75) is 0 Å². The van der Waals surface area contributed by atoms with Crippen molar-refractivity contribution < 1.29 is 8.78 Å². The maximum atomic E-state index is 12.9. The van der Waals surface area contributed by atoms with Crippen LogP contribution in [0.25, 0.3) is 0 Å². The molecule has 0 saturated carbocycles. The lowest BCUT2D eigenvalue weighted by molar-refractivity contribution is 0.509. The fourth-order valence-electron chi connectivity index (χ4n) is 1.10. The van der Waals surface area contributed by atoms with E-state index in [-0.39, 0.29) is 5.15 Å². The van der Waals surface area contributed by atoms with Crippen molar-refractivity contribution in [3.05, 3.63) is 47.1 Å². The lowest BCUT2D eigenvalue weighted by atomic mass is 10.3. The first-order valence-electron chi connectivity index (χ1n) is 4.36. The number of nitrogens with one attached hydrogen (secondary N) is 1. The van der Waals surface area contributed by atoms with Crippen LogP contribution >= 0.6 is 11.6 Å². The first-order chi connectivity index (χ1) is 7.65. The molecule has 0 saturated heterocycles. The molecule has 0 spiro atoms. The van der Waals surface area contributed by atoms with E-state index >= 15 is 0 Å². The van der Waals surface area contributed by atoms with Gasteiger partial charge in [-0.15, -0.1) is 10.2 Å². The van der Waals surface area contributed by atoms with E-state index in [2.05, 4.69) is 15.5 Å². The molecule has 0 radical (unpaired) electrons. The first-order valence-corrected chi connectivity index (χ1v) is 4.74. The molecule has 0 aliphatic carbocycles. The van der Waals surface area contributed by atoms with Crippen LogP contribution in [-0.4, -0.2) is 10.2 Å². The number of hydrogen-bond donors (Lipinski definition) is 1. The molecule has 1 N–H and O–H groups in total. The number of halogens is 3. The summed E-state index contributed by atoms with van der Waals surface area (Å²) in [5.41, 5.74) is 0.385. The Morgan fingerprint density at radius 2 is 1.81 bits per heavy atom. The SMILES string of the molecule is Fc1ccc(Nc2ccc(Cl)nn2)cc1F. The molecule has 0 atom stereocenters. The third-order valence-corrected chi connectivity index (χ3v) is 2.03. The van der Waals surface area contributed by atoms with E-state index < -0.39 is 11.6 Å². The highest BCUT2D eigenvalue weighted by atomic mass is 35.5. The van der Waals surface area contributed by atoms with E-state index in [1.807, 2.05) is 0 Å². The molecule has 2 rings (SSSR count). The van der Waals surface area contributed by atoms with Gasteiger partial charge in [0.25, 0.3) is 0 Å². The lowest BCUT2D eigenvalue weighted by Gasteiger charge is -2.04. The highest BCUT2D eigenvalue weighted by Crippen LogP contribution is 2.17. The van der Waals surface area contributed by atoms with E-state index in [9.17, 15) is 8.78 Å². The lowest BCUT2D eigenvalue weighted by Crippen LogP contribution is -1.96. The Morgan fingerprint density at radius 1 is 1.00 bits per heavy atom. The Hall–Kier alpha value is -1.75. The smallest absolute Gasteiger partial charge is 0.160 e. The average molecular weight is 242 g/mol. The van der Waals surface area contributed by atoms with Gasteiger partial charge in [-0.1, -0.05) is 11.6 Å². The van der Waals surface area contributed by atoms with Crippen LogP contribution in [0.4, 0.5) is 20.3 Å². The predicted molar refractivity (Wildman–Crippen MR) is 56.7 cm³/mol. The molecule has 0 fully saturated rings. The van der Waals surface area contributed by atoms with Crippen LogP contribution in [-0.2, 0) is 0 Å². The van der Waals surface area contributed by atoms with Gasteiger partial charge < -0.3 is 5.32 Å². The van der Waals surface area contributed by atoms with E-state index in [1.54, 1.807) is 6.07 Å². The summed E-state index contributed by atoms with van der Waals surface area (Å²) in [5, 5.41) is 10.3. The fourth-order valence-corrected chi connectivity index (χ4v) is 1.21. The van der Waals surface area contributed by atoms with Gasteiger partial charge in [0.15, 0.2) is 22.6 Å². The molecule has 0 amide bonds. The van der Waals surface area contributed by atoms with E-state index in [4.69, 9.17) is 11.6 Å². The van der Waals surface area contributed by atoms with Gasteiger partial charge in [0.2, 0.25) is 0 Å². The van der Waals surface area contributed by atoms with Crippen molar-refractivity contribution in [2.75, 3.05) is 5.32 Å². The zero-order valence-corrected chi connectivity index (χ0v) is 8.67. The summed E-state index contributed by atoms with van der Waals surface area (Å²) in [6.45, 7) is 0. The van der Waals surface area contributed by atoms with Crippen molar-refractivity contribution in [1.82, 2.24) is 10.2 Å². The number of nitrogens with zero attached hydrogens (tertiary/aromatic N) is 2. The summed E-state index contributed by atoms with van der Waals surface area (Å²) in [7, 11) is 0. The second kappa shape index (κ2) is 4.40. The normalized spacial score (nSPS) is 10.2. The van der Waals surface area contributed by atoms with Crippen LogP contribution in [0.1, 0.15) is 0 Å². The number of rotatable bonds is 2. The standard InChI is InChI=1S/C10H6ClF2N3/c11-9-3-4-10(16-15-9)14-6-1-2-7(12)8(13)5-6/h1-5H,(H,14,16). The fraction of sp³-hybridized carbons (Fsp3) is 0. The number of anilines is 2. The Bertz CT molecular complexity index is 502. The quantitative estimate of drug-likeness (QED) is 0.878. The Labute approximate surface area is 95.1 Å². The third-order valence-electron chi connectivity index (χ3n) is 1.82. The molecular weight excluding hydrogens is 236 g/mol. The minimum Gasteiger partial charge on any atom is -0.339 e. The number of hydrogen-bond acceptors (Lipinski definition) is 3. The van der Waals surface area contributed by atoms with Crippen molar-refractivity contribution in [3.63, 3.8) is 0 Å². The van der Waals surface area contributed by atoms with E-state index in [0.29, 0.717) is 11.5 Å². The van der Waals surface area contributed by atoms with Crippen molar-refractivity contribution >= 4 is 23.1 Å². The highest BCUT2D eigenvalue weighted by Gasteiger charge is 2.03. The molecule has 1 aromatic carbocycles. The van der Waals surface area contributed by atoms with Crippen molar-refractivity contribution in [3.8, 4) is 0 Å². The van der Waals surface area contributed by atoms with E-state index in [1.165, 1.54) is 12.1 Å². The molecule has 0 unspecified atom stereocenters. The second-order valence-electron chi connectivity index (χ2n) is 3.00. The summed E-state index contributed by atoms with van der Waals surface area (Å²) in [6.07, 6.45) is 0. The van der Waals surface area contributed by atoms with Gasteiger partial charge in [-0.2, -0.15) is 0 Å². The molecule has 6 heteroatoms. The molecule has 0 bridgehead atoms. The van der Waals surface area contributed by atoms with Gasteiger partial charge >= 0.3 is 0 Å². The van der Waals surface area contributed by atoms with E-state index in [0.717, 1.165) is 12.1 Å². The largest absolute Gasteiger partial charge is 0.339 e. The van der Waals surface area contributed by atoms with Gasteiger partial charge in [-0.3, -0.25) is 0 Å². The molecule has 0 aliphatic heterocycles. The van der Waals surface area contributed by atoms with Crippen LogP contribution in [0.2, 0.25) is 5.15 Å². The van der Waals surface area contributed by atoms with Crippen LogP contribution < -0.4 is 5.32 Å². The zero-order chi connectivity index (χ0) is 11.5. The summed E-state index contributed by atoms with van der Waals surface area (Å²) in [4.78, 5) is 0. The van der Waals surface area contributed by atoms with Crippen LogP contribution in [0.3, 0.4) is 0 Å². The molecule has 82 valence electrons. The molecular formula is C10H6ClF2N3. The zero-order valence-electron chi connectivity index (χ0n) is 7.92. The van der Waals surface area contributed by atoms with Crippen LogP contribution in [0.5, 0.6) is 0 Å². The molecule has 16 heavy (non-hydrogen) atoms. The van der Waals surface area contributed by atoms with Gasteiger partial charge in [-0.25, -0.2) is 8.78 Å². The summed E-state index contributed by atoms with van der Waals surface area (Å²) >= 11 is 5.55. The monoisotopic (exact) mass is 241 g/mol. The van der Waals surface area contributed by atoms with Crippen molar-refractivity contribution in [2.24, 2.45) is 0 Å². The molecule has 2 aromatic rings. The maximum absolute atomic E-state index is 12.9. The van der Waals surface area contributed by atoms with Crippen molar-refractivity contribution in [1.29, 1.82) is 0 Å². The average Bonchev–Trinajstić information content (AvgIpc) is 2.27. The van der Waals surface area contributed by atoms with Gasteiger partial charge in [0, 0.05) is 11.8 Å². The second-order valence-corrected chi connectivity index (χ2v) is 3.38. The summed E-state index contributed by atoms with van der Waals surface area (Å²) < 4.78 is 25.5. The number of benzene rings is 1. The van der Waals surface area contributed by atoms with Gasteiger partial charge in [-0.05, 0) is 24.3 Å². The van der Waals surface area contributed by atoms with Gasteiger partial charge in [0.05, 0.1) is 0 Å². The number of aromatic nitrogens is 2. The maximum Gasteiger partial charge on any atom is 0.160 e. The summed E-state index contributed by atoms with van der Waals surface area (Å²) in [6, 6.07) is 6.58. The Balaban J connectivity index is 2.20. The minimum absolute atomic E-state index is 0.260. The third kappa shape index (κ3) is 2.43. The predicted octanol–water partition coefficient (Wildman–Crippen LogP) is 3.15. The molecule has 3 nitrogen and oxygen atoms in total.